The number of hydrogen-bond donors (Lipinski definition) is 1. The van der Waals surface area contributed by atoms with E-state index in [0.717, 1.165) is 0 Å². The maximum Gasteiger partial charge on any atom is 0.303 e. The number of benzene rings is 1. The molecule has 98 valence electrons. The molecule has 1 fully saturated rings. The molecule has 0 radical (unpaired) electrons. The summed E-state index contributed by atoms with van der Waals surface area (Å²) >= 11 is 0. The van der Waals surface area contributed by atoms with Gasteiger partial charge in [-0.25, -0.2) is 0 Å². The highest BCUT2D eigenvalue weighted by Gasteiger charge is 2.14. The van der Waals surface area contributed by atoms with E-state index < -0.39 is 5.97 Å². The third-order valence-corrected chi connectivity index (χ3v) is 3.91. The minimum Gasteiger partial charge on any atom is -0.481 e. The Morgan fingerprint density at radius 3 is 2.56 bits per heavy atom. The topological polar surface area (TPSA) is 37.3 Å². The highest BCUT2D eigenvalue weighted by Crippen LogP contribution is 2.31. The van der Waals surface area contributed by atoms with Crippen molar-refractivity contribution in [2.45, 2.75) is 57.3 Å². The predicted octanol–water partition coefficient (Wildman–Crippen LogP) is 4.14. The Kier molecular flexibility index (Phi) is 4.80. The molecule has 1 saturated carbocycles. The maximum absolute atomic E-state index is 10.6. The quantitative estimate of drug-likeness (QED) is 0.811. The standard InChI is InChI=1S/C16H22O2/c17-16(18)11-10-13-6-5-9-15(12-13)14-7-3-1-2-4-8-14/h5-6,9,12,14H,1-4,7-8,10-11H2,(H,17,18). The Morgan fingerprint density at radius 1 is 1.17 bits per heavy atom. The van der Waals surface area contributed by atoms with E-state index in [4.69, 9.17) is 5.11 Å². The minimum atomic E-state index is -0.713. The summed E-state index contributed by atoms with van der Waals surface area (Å²) in [6.07, 6.45) is 8.88. The molecule has 0 aliphatic heterocycles. The lowest BCUT2D eigenvalue weighted by molar-refractivity contribution is -0.136. The van der Waals surface area contributed by atoms with Crippen molar-refractivity contribution in [3.63, 3.8) is 0 Å². The van der Waals surface area contributed by atoms with E-state index in [1.807, 2.05) is 6.07 Å². The van der Waals surface area contributed by atoms with Gasteiger partial charge in [0.15, 0.2) is 0 Å². The van der Waals surface area contributed by atoms with Crippen LogP contribution in [-0.2, 0) is 11.2 Å². The molecule has 18 heavy (non-hydrogen) atoms. The van der Waals surface area contributed by atoms with Gasteiger partial charge in [0.05, 0.1) is 0 Å². The number of hydrogen-bond acceptors (Lipinski definition) is 1. The molecule has 0 spiro atoms. The molecule has 2 rings (SSSR count). The summed E-state index contributed by atoms with van der Waals surface area (Å²) in [7, 11) is 0. The lowest BCUT2D eigenvalue weighted by Crippen LogP contribution is -2.00. The summed E-state index contributed by atoms with van der Waals surface area (Å²) in [5, 5.41) is 8.73. The SMILES string of the molecule is O=C(O)CCc1cccc(C2CCCCCC2)c1. The molecule has 0 atom stereocenters. The zero-order valence-electron chi connectivity index (χ0n) is 10.9. The number of aryl methyl sites for hydroxylation is 1. The van der Waals surface area contributed by atoms with Crippen LogP contribution in [0.15, 0.2) is 24.3 Å². The average Bonchev–Trinajstić information content (AvgIpc) is 2.65. The third-order valence-electron chi connectivity index (χ3n) is 3.91. The van der Waals surface area contributed by atoms with Gasteiger partial charge in [-0.1, -0.05) is 49.9 Å². The Hall–Kier alpha value is -1.31. The second-order valence-corrected chi connectivity index (χ2v) is 5.33. The van der Waals surface area contributed by atoms with Crippen molar-refractivity contribution < 1.29 is 9.90 Å². The fraction of sp³-hybridized carbons (Fsp3) is 0.562. The molecule has 2 heteroatoms. The van der Waals surface area contributed by atoms with Gasteiger partial charge >= 0.3 is 5.97 Å². The molecule has 1 aromatic rings. The second-order valence-electron chi connectivity index (χ2n) is 5.33. The van der Waals surface area contributed by atoms with E-state index in [0.29, 0.717) is 12.3 Å². The molecule has 0 bridgehead atoms. The summed E-state index contributed by atoms with van der Waals surface area (Å²) in [4.78, 5) is 10.6. The van der Waals surface area contributed by atoms with Gasteiger partial charge < -0.3 is 5.11 Å². The Morgan fingerprint density at radius 2 is 1.89 bits per heavy atom. The van der Waals surface area contributed by atoms with Gasteiger partial charge in [-0.15, -0.1) is 0 Å². The third kappa shape index (κ3) is 3.86. The van der Waals surface area contributed by atoms with Crippen LogP contribution in [0.1, 0.15) is 62.0 Å². The van der Waals surface area contributed by atoms with Gasteiger partial charge in [0.25, 0.3) is 0 Å². The number of rotatable bonds is 4. The van der Waals surface area contributed by atoms with E-state index in [2.05, 4.69) is 18.2 Å². The van der Waals surface area contributed by atoms with Crippen molar-refractivity contribution >= 4 is 5.97 Å². The monoisotopic (exact) mass is 246 g/mol. The summed E-state index contributed by atoms with van der Waals surface area (Å²) in [5.74, 6) is -0.0212. The number of carboxylic acid groups (broad SMARTS) is 1. The number of carboxylic acids is 1. The lowest BCUT2D eigenvalue weighted by atomic mass is 9.90. The van der Waals surface area contributed by atoms with E-state index >= 15 is 0 Å². The van der Waals surface area contributed by atoms with Gasteiger partial charge in [0.1, 0.15) is 0 Å². The molecule has 0 amide bonds. The van der Waals surface area contributed by atoms with Crippen LogP contribution >= 0.6 is 0 Å². The molecular formula is C16H22O2. The summed E-state index contributed by atoms with van der Waals surface area (Å²) < 4.78 is 0. The van der Waals surface area contributed by atoms with Crippen molar-refractivity contribution in [3.05, 3.63) is 35.4 Å². The van der Waals surface area contributed by atoms with Gasteiger partial charge in [-0.2, -0.15) is 0 Å². The van der Waals surface area contributed by atoms with Gasteiger partial charge in [-0.05, 0) is 36.3 Å². The number of aliphatic carboxylic acids is 1. The summed E-state index contributed by atoms with van der Waals surface area (Å²) in [6.45, 7) is 0. The van der Waals surface area contributed by atoms with Crippen molar-refractivity contribution in [3.8, 4) is 0 Å². The fourth-order valence-electron chi connectivity index (χ4n) is 2.87. The Balaban J connectivity index is 2.03. The lowest BCUT2D eigenvalue weighted by Gasteiger charge is -2.15. The molecule has 0 unspecified atom stereocenters. The normalized spacial score (nSPS) is 17.3. The molecule has 1 aliphatic carbocycles. The first-order valence-electron chi connectivity index (χ1n) is 7.06. The summed E-state index contributed by atoms with van der Waals surface area (Å²) in [6, 6.07) is 8.56. The molecule has 2 nitrogen and oxygen atoms in total. The largest absolute Gasteiger partial charge is 0.481 e. The zero-order chi connectivity index (χ0) is 12.8. The van der Waals surface area contributed by atoms with E-state index in [9.17, 15) is 4.79 Å². The Labute approximate surface area is 109 Å². The molecule has 1 N–H and O–H groups in total. The number of carbonyl (C=O) groups is 1. The van der Waals surface area contributed by atoms with Crippen LogP contribution in [-0.4, -0.2) is 11.1 Å². The highest BCUT2D eigenvalue weighted by atomic mass is 16.4. The van der Waals surface area contributed by atoms with Gasteiger partial charge in [-0.3, -0.25) is 4.79 Å². The second kappa shape index (κ2) is 6.58. The minimum absolute atomic E-state index is 0.230. The van der Waals surface area contributed by atoms with Crippen molar-refractivity contribution in [1.82, 2.24) is 0 Å². The van der Waals surface area contributed by atoms with Gasteiger partial charge in [0, 0.05) is 6.42 Å². The van der Waals surface area contributed by atoms with Crippen LogP contribution in [0.3, 0.4) is 0 Å². The van der Waals surface area contributed by atoms with Crippen LogP contribution in [0.2, 0.25) is 0 Å². The van der Waals surface area contributed by atoms with Crippen LogP contribution in [0.4, 0.5) is 0 Å². The molecule has 1 aromatic carbocycles. The fourth-order valence-corrected chi connectivity index (χ4v) is 2.87. The van der Waals surface area contributed by atoms with Crippen LogP contribution in [0.25, 0.3) is 0 Å². The molecular weight excluding hydrogens is 224 g/mol. The van der Waals surface area contributed by atoms with Crippen LogP contribution in [0.5, 0.6) is 0 Å². The first-order valence-corrected chi connectivity index (χ1v) is 7.06. The van der Waals surface area contributed by atoms with Gasteiger partial charge in [0.2, 0.25) is 0 Å². The van der Waals surface area contributed by atoms with E-state index in [1.54, 1.807) is 0 Å². The first kappa shape index (κ1) is 13.1. The first-order chi connectivity index (χ1) is 8.75. The summed E-state index contributed by atoms with van der Waals surface area (Å²) in [5.41, 5.74) is 2.58. The van der Waals surface area contributed by atoms with Crippen LogP contribution < -0.4 is 0 Å². The molecule has 1 aliphatic rings. The Bertz CT molecular complexity index is 390. The maximum atomic E-state index is 10.6. The average molecular weight is 246 g/mol. The molecule has 0 saturated heterocycles. The van der Waals surface area contributed by atoms with E-state index in [1.165, 1.54) is 49.7 Å². The van der Waals surface area contributed by atoms with Crippen molar-refractivity contribution in [2.24, 2.45) is 0 Å². The molecule has 0 aromatic heterocycles. The predicted molar refractivity (Wildman–Crippen MR) is 72.8 cm³/mol. The smallest absolute Gasteiger partial charge is 0.303 e. The van der Waals surface area contributed by atoms with Crippen molar-refractivity contribution in [1.29, 1.82) is 0 Å². The zero-order valence-corrected chi connectivity index (χ0v) is 10.9. The molecule has 0 heterocycles. The van der Waals surface area contributed by atoms with Crippen molar-refractivity contribution in [2.75, 3.05) is 0 Å². The van der Waals surface area contributed by atoms with E-state index in [-0.39, 0.29) is 6.42 Å². The highest BCUT2D eigenvalue weighted by molar-refractivity contribution is 5.67. The van der Waals surface area contributed by atoms with Crippen LogP contribution in [0, 0.1) is 0 Å².